The number of halogens is 2. The lowest BCUT2D eigenvalue weighted by molar-refractivity contribution is -0.139. The van der Waals surface area contributed by atoms with Crippen LogP contribution in [0.1, 0.15) is 37.8 Å². The molecule has 0 radical (unpaired) electrons. The van der Waals surface area contributed by atoms with Gasteiger partial charge in [0.1, 0.15) is 0 Å². The average molecular weight is 369 g/mol. The Bertz CT molecular complexity index is 626. The van der Waals surface area contributed by atoms with Gasteiger partial charge >= 0.3 is 12.0 Å². The quantitative estimate of drug-likeness (QED) is 0.658. The van der Waals surface area contributed by atoms with E-state index < -0.39 is 11.9 Å². The number of carboxylic acids is 1. The summed E-state index contributed by atoms with van der Waals surface area (Å²) in [5, 5.41) is 14.4. The number of carboxylic acid groups (broad SMARTS) is 1. The standard InChI is InChI=1S/C18H25F2N3O3/c1-3-23(11-16(24)25)15-8-14(9-15)22-17(26)21-10-12-4-6-13(7-5-12)18(2,19)20/h4-7,14-15H,3,8-11H2,1-2H3,(H,24,25)(H2,21,22,26). The van der Waals surface area contributed by atoms with Crippen molar-refractivity contribution in [1.82, 2.24) is 15.5 Å². The molecule has 0 atom stereocenters. The zero-order valence-electron chi connectivity index (χ0n) is 15.0. The minimum Gasteiger partial charge on any atom is -0.480 e. The molecular weight excluding hydrogens is 344 g/mol. The van der Waals surface area contributed by atoms with Crippen LogP contribution in [0.4, 0.5) is 13.6 Å². The maximum absolute atomic E-state index is 13.2. The number of alkyl halides is 2. The van der Waals surface area contributed by atoms with E-state index in [1.165, 1.54) is 12.1 Å². The molecule has 1 saturated carbocycles. The molecule has 144 valence electrons. The second-order valence-corrected chi connectivity index (χ2v) is 6.69. The van der Waals surface area contributed by atoms with E-state index in [0.29, 0.717) is 6.54 Å². The summed E-state index contributed by atoms with van der Waals surface area (Å²) in [6.07, 6.45) is 1.43. The molecule has 1 fully saturated rings. The van der Waals surface area contributed by atoms with Gasteiger partial charge in [-0.2, -0.15) is 0 Å². The molecule has 2 rings (SSSR count). The molecule has 26 heavy (non-hydrogen) atoms. The first-order chi connectivity index (χ1) is 12.2. The van der Waals surface area contributed by atoms with Crippen LogP contribution in [0.5, 0.6) is 0 Å². The van der Waals surface area contributed by atoms with E-state index in [9.17, 15) is 18.4 Å². The van der Waals surface area contributed by atoms with Crippen LogP contribution in [0.2, 0.25) is 0 Å². The van der Waals surface area contributed by atoms with Crippen LogP contribution in [-0.4, -0.2) is 47.2 Å². The normalized spacial score (nSPS) is 19.7. The first-order valence-electron chi connectivity index (χ1n) is 8.66. The van der Waals surface area contributed by atoms with Crippen molar-refractivity contribution in [3.05, 3.63) is 35.4 Å². The highest BCUT2D eigenvalue weighted by Gasteiger charge is 2.34. The largest absolute Gasteiger partial charge is 0.480 e. The van der Waals surface area contributed by atoms with Crippen molar-refractivity contribution in [2.75, 3.05) is 13.1 Å². The number of hydrogen-bond donors (Lipinski definition) is 3. The summed E-state index contributed by atoms with van der Waals surface area (Å²) in [6, 6.07) is 5.71. The summed E-state index contributed by atoms with van der Waals surface area (Å²) in [5.41, 5.74) is 0.673. The van der Waals surface area contributed by atoms with Crippen molar-refractivity contribution in [2.45, 2.75) is 51.2 Å². The predicted octanol–water partition coefficient (Wildman–Crippen LogP) is 2.54. The van der Waals surface area contributed by atoms with Gasteiger partial charge in [0.25, 0.3) is 5.92 Å². The highest BCUT2D eigenvalue weighted by Crippen LogP contribution is 2.27. The molecule has 1 aromatic rings. The molecular formula is C18H25F2N3O3. The molecule has 3 N–H and O–H groups in total. The fourth-order valence-electron chi connectivity index (χ4n) is 3.01. The summed E-state index contributed by atoms with van der Waals surface area (Å²) in [6.45, 7) is 3.67. The van der Waals surface area contributed by atoms with Crippen molar-refractivity contribution in [1.29, 1.82) is 0 Å². The third kappa shape index (κ3) is 5.66. The molecule has 1 aliphatic rings. The molecule has 0 heterocycles. The molecule has 6 nitrogen and oxygen atoms in total. The van der Waals surface area contributed by atoms with Crippen LogP contribution in [0.15, 0.2) is 24.3 Å². The van der Waals surface area contributed by atoms with E-state index in [-0.39, 0.29) is 36.8 Å². The number of aliphatic carboxylic acids is 1. The van der Waals surface area contributed by atoms with Crippen molar-refractivity contribution in [2.24, 2.45) is 0 Å². The van der Waals surface area contributed by atoms with Crippen molar-refractivity contribution in [3.63, 3.8) is 0 Å². The molecule has 0 bridgehead atoms. The van der Waals surface area contributed by atoms with Gasteiger partial charge in [0, 0.05) is 31.1 Å². The molecule has 0 aromatic heterocycles. The van der Waals surface area contributed by atoms with E-state index in [1.54, 1.807) is 12.1 Å². The number of nitrogens with one attached hydrogen (secondary N) is 2. The SMILES string of the molecule is CCN(CC(=O)O)C1CC(NC(=O)NCc2ccc(C(C)(F)F)cc2)C1. The van der Waals surface area contributed by atoms with E-state index in [1.807, 2.05) is 11.8 Å². The molecule has 2 amide bonds. The van der Waals surface area contributed by atoms with Gasteiger partial charge in [0.15, 0.2) is 0 Å². The molecule has 1 aliphatic carbocycles. The van der Waals surface area contributed by atoms with Gasteiger partial charge in [-0.1, -0.05) is 31.2 Å². The predicted molar refractivity (Wildman–Crippen MR) is 93.1 cm³/mol. The van der Waals surface area contributed by atoms with Gasteiger partial charge in [0.05, 0.1) is 6.54 Å². The van der Waals surface area contributed by atoms with Crippen LogP contribution < -0.4 is 10.6 Å². The number of carbonyl (C=O) groups is 2. The van der Waals surface area contributed by atoms with E-state index >= 15 is 0 Å². The van der Waals surface area contributed by atoms with Crippen LogP contribution in [0.3, 0.4) is 0 Å². The molecule has 0 saturated heterocycles. The zero-order valence-corrected chi connectivity index (χ0v) is 15.0. The number of rotatable bonds is 8. The van der Waals surface area contributed by atoms with Gasteiger partial charge < -0.3 is 15.7 Å². The minimum atomic E-state index is -2.88. The summed E-state index contributed by atoms with van der Waals surface area (Å²) >= 11 is 0. The molecule has 0 spiro atoms. The first kappa shape index (κ1) is 20.1. The average Bonchev–Trinajstić information content (AvgIpc) is 2.53. The third-order valence-electron chi connectivity index (χ3n) is 4.62. The second kappa shape index (κ2) is 8.44. The molecule has 0 unspecified atom stereocenters. The van der Waals surface area contributed by atoms with Gasteiger partial charge in [-0.15, -0.1) is 0 Å². The maximum Gasteiger partial charge on any atom is 0.317 e. The monoisotopic (exact) mass is 369 g/mol. The first-order valence-corrected chi connectivity index (χ1v) is 8.66. The summed E-state index contributed by atoms with van der Waals surface area (Å²) in [7, 11) is 0. The number of urea groups is 1. The number of amides is 2. The zero-order chi connectivity index (χ0) is 19.3. The number of benzene rings is 1. The topological polar surface area (TPSA) is 81.7 Å². The fraction of sp³-hybridized carbons (Fsp3) is 0.556. The van der Waals surface area contributed by atoms with Crippen LogP contribution in [0.25, 0.3) is 0 Å². The number of hydrogen-bond acceptors (Lipinski definition) is 3. The lowest BCUT2D eigenvalue weighted by Crippen LogP contribution is -2.56. The highest BCUT2D eigenvalue weighted by atomic mass is 19.3. The van der Waals surface area contributed by atoms with Crippen LogP contribution in [0, 0.1) is 0 Å². The van der Waals surface area contributed by atoms with E-state index in [4.69, 9.17) is 5.11 Å². The van der Waals surface area contributed by atoms with E-state index in [0.717, 1.165) is 25.3 Å². The highest BCUT2D eigenvalue weighted by molar-refractivity contribution is 5.74. The van der Waals surface area contributed by atoms with Crippen molar-refractivity contribution < 1.29 is 23.5 Å². The number of nitrogens with zero attached hydrogens (tertiary/aromatic N) is 1. The van der Waals surface area contributed by atoms with Crippen LogP contribution in [-0.2, 0) is 17.3 Å². The smallest absolute Gasteiger partial charge is 0.317 e. The van der Waals surface area contributed by atoms with Gasteiger partial charge in [-0.25, -0.2) is 13.6 Å². The minimum absolute atomic E-state index is 0.00683. The molecule has 1 aromatic carbocycles. The summed E-state index contributed by atoms with van der Waals surface area (Å²) in [4.78, 5) is 24.6. The third-order valence-corrected chi connectivity index (χ3v) is 4.62. The maximum atomic E-state index is 13.2. The molecule has 8 heteroatoms. The van der Waals surface area contributed by atoms with Gasteiger partial charge in [-0.3, -0.25) is 9.69 Å². The van der Waals surface area contributed by atoms with Crippen molar-refractivity contribution >= 4 is 12.0 Å². The second-order valence-electron chi connectivity index (χ2n) is 6.69. The molecule has 0 aliphatic heterocycles. The fourth-order valence-corrected chi connectivity index (χ4v) is 3.01. The number of carbonyl (C=O) groups excluding carboxylic acids is 1. The Morgan fingerprint density at radius 1 is 1.27 bits per heavy atom. The Morgan fingerprint density at radius 2 is 1.88 bits per heavy atom. The Labute approximate surface area is 151 Å². The number of likely N-dealkylation sites (N-methyl/N-ethyl adjacent to an activating group) is 1. The summed E-state index contributed by atoms with van der Waals surface area (Å²) in [5.74, 6) is -3.73. The summed E-state index contributed by atoms with van der Waals surface area (Å²) < 4.78 is 26.3. The Morgan fingerprint density at radius 3 is 2.38 bits per heavy atom. The Kier molecular flexibility index (Phi) is 6.52. The van der Waals surface area contributed by atoms with Gasteiger partial charge in [0.2, 0.25) is 0 Å². The lowest BCUT2D eigenvalue weighted by Gasteiger charge is -2.42. The lowest BCUT2D eigenvalue weighted by atomic mass is 9.85. The van der Waals surface area contributed by atoms with E-state index in [2.05, 4.69) is 10.6 Å². The van der Waals surface area contributed by atoms with Crippen molar-refractivity contribution in [3.8, 4) is 0 Å². The Balaban J connectivity index is 1.71. The van der Waals surface area contributed by atoms with Crippen LogP contribution >= 0.6 is 0 Å². The Hall–Kier alpha value is -2.22. The van der Waals surface area contributed by atoms with Gasteiger partial charge in [-0.05, 0) is 24.9 Å².